The average molecular weight is 317 g/mol. The molecule has 0 N–H and O–H groups in total. The van der Waals surface area contributed by atoms with E-state index in [-0.39, 0.29) is 5.56 Å². The van der Waals surface area contributed by atoms with E-state index in [0.717, 1.165) is 17.1 Å². The Morgan fingerprint density at radius 1 is 1.04 bits per heavy atom. The third kappa shape index (κ3) is 2.48. The highest BCUT2D eigenvalue weighted by atomic mass is 16.1. The molecule has 0 radical (unpaired) electrons. The van der Waals surface area contributed by atoms with Crippen LogP contribution in [0.1, 0.15) is 11.3 Å². The number of imidazole rings is 1. The van der Waals surface area contributed by atoms with Crippen LogP contribution in [0.25, 0.3) is 17.2 Å². The van der Waals surface area contributed by atoms with Gasteiger partial charge in [0, 0.05) is 30.9 Å². The summed E-state index contributed by atoms with van der Waals surface area (Å²) in [6.07, 6.45) is 7.06. The highest BCUT2D eigenvalue weighted by Gasteiger charge is 2.10. The molecule has 4 aromatic rings. The van der Waals surface area contributed by atoms with Gasteiger partial charge in [-0.1, -0.05) is 12.1 Å². The Morgan fingerprint density at radius 2 is 1.96 bits per heavy atom. The van der Waals surface area contributed by atoms with Crippen LogP contribution in [0.3, 0.4) is 0 Å². The minimum absolute atomic E-state index is 0.0850. The average Bonchev–Trinajstić information content (AvgIpc) is 3.05. The molecule has 0 aromatic carbocycles. The van der Waals surface area contributed by atoms with Crippen molar-refractivity contribution in [2.45, 2.75) is 13.5 Å². The van der Waals surface area contributed by atoms with E-state index in [1.165, 1.54) is 0 Å². The molecule has 0 aliphatic heterocycles. The summed E-state index contributed by atoms with van der Waals surface area (Å²) in [5, 5.41) is 0. The molecule has 0 saturated carbocycles. The van der Waals surface area contributed by atoms with Crippen LogP contribution in [0.4, 0.5) is 0 Å². The lowest BCUT2D eigenvalue weighted by molar-refractivity contribution is 0.773. The minimum Gasteiger partial charge on any atom is -0.324 e. The molecule has 0 atom stereocenters. The fourth-order valence-electron chi connectivity index (χ4n) is 2.73. The van der Waals surface area contributed by atoms with Crippen LogP contribution in [0.2, 0.25) is 0 Å². The number of rotatable bonds is 3. The zero-order chi connectivity index (χ0) is 16.5. The zero-order valence-electron chi connectivity index (χ0n) is 13.1. The topological polar surface area (TPSA) is 65.1 Å². The Kier molecular flexibility index (Phi) is 3.42. The number of aromatic nitrogens is 5. The molecular weight excluding hydrogens is 302 g/mol. The highest BCUT2D eigenvalue weighted by molar-refractivity contribution is 5.50. The van der Waals surface area contributed by atoms with Gasteiger partial charge in [0.25, 0.3) is 5.56 Å². The largest absolute Gasteiger partial charge is 0.324 e. The van der Waals surface area contributed by atoms with Crippen LogP contribution in [0.15, 0.2) is 66.0 Å². The Labute approximate surface area is 138 Å². The van der Waals surface area contributed by atoms with E-state index in [2.05, 4.69) is 15.0 Å². The van der Waals surface area contributed by atoms with Gasteiger partial charge in [-0.05, 0) is 30.7 Å². The second-order valence-corrected chi connectivity index (χ2v) is 5.56. The Balaban J connectivity index is 1.78. The van der Waals surface area contributed by atoms with Gasteiger partial charge in [-0.2, -0.15) is 0 Å². The third-order valence-corrected chi connectivity index (χ3v) is 3.88. The molecule has 4 heterocycles. The van der Waals surface area contributed by atoms with Crippen LogP contribution in [0.5, 0.6) is 0 Å². The standard InChI is InChI=1S/C18H15N5O/c1-13-5-4-9-23-16(24)11-14(21-17(13)23)12-22-10-8-20-18(22)15-6-2-3-7-19-15/h2-11H,12H2,1H3. The molecule has 0 amide bonds. The van der Waals surface area contributed by atoms with E-state index in [4.69, 9.17) is 0 Å². The monoisotopic (exact) mass is 317 g/mol. The molecule has 6 nitrogen and oxygen atoms in total. The van der Waals surface area contributed by atoms with Crippen molar-refractivity contribution in [2.75, 3.05) is 0 Å². The van der Waals surface area contributed by atoms with Crippen LogP contribution < -0.4 is 5.56 Å². The van der Waals surface area contributed by atoms with Gasteiger partial charge in [0.05, 0.1) is 12.2 Å². The molecule has 0 aliphatic carbocycles. The SMILES string of the molecule is Cc1cccn2c(=O)cc(Cn3ccnc3-c3ccccn3)nc12. The smallest absolute Gasteiger partial charge is 0.258 e. The summed E-state index contributed by atoms with van der Waals surface area (Å²) in [5.41, 5.74) is 3.05. The molecule has 24 heavy (non-hydrogen) atoms. The van der Waals surface area contributed by atoms with Gasteiger partial charge >= 0.3 is 0 Å². The van der Waals surface area contributed by atoms with E-state index in [0.29, 0.717) is 17.9 Å². The lowest BCUT2D eigenvalue weighted by Gasteiger charge is -2.09. The van der Waals surface area contributed by atoms with Crippen molar-refractivity contribution in [1.82, 2.24) is 23.9 Å². The maximum absolute atomic E-state index is 12.3. The maximum Gasteiger partial charge on any atom is 0.258 e. The van der Waals surface area contributed by atoms with Gasteiger partial charge in [-0.15, -0.1) is 0 Å². The summed E-state index contributed by atoms with van der Waals surface area (Å²) in [4.78, 5) is 25.7. The number of hydrogen-bond donors (Lipinski definition) is 0. The molecular formula is C18H15N5O. The van der Waals surface area contributed by atoms with Gasteiger partial charge in [0.15, 0.2) is 5.82 Å². The lowest BCUT2D eigenvalue weighted by atomic mass is 10.3. The zero-order valence-corrected chi connectivity index (χ0v) is 13.1. The first-order chi connectivity index (χ1) is 11.7. The quantitative estimate of drug-likeness (QED) is 0.581. The first-order valence-electron chi connectivity index (χ1n) is 7.63. The molecule has 6 heteroatoms. The number of hydrogen-bond acceptors (Lipinski definition) is 4. The second kappa shape index (κ2) is 5.73. The van der Waals surface area contributed by atoms with Gasteiger partial charge in [0.2, 0.25) is 0 Å². The number of pyridine rings is 2. The van der Waals surface area contributed by atoms with Crippen molar-refractivity contribution in [1.29, 1.82) is 0 Å². The van der Waals surface area contributed by atoms with Crippen molar-refractivity contribution >= 4 is 5.65 Å². The molecule has 0 spiro atoms. The van der Waals surface area contributed by atoms with Crippen LogP contribution in [-0.2, 0) is 6.54 Å². The minimum atomic E-state index is -0.0850. The van der Waals surface area contributed by atoms with Crippen molar-refractivity contribution < 1.29 is 0 Å². The Bertz CT molecular complexity index is 1070. The van der Waals surface area contributed by atoms with Crippen LogP contribution in [0, 0.1) is 6.92 Å². The van der Waals surface area contributed by atoms with Gasteiger partial charge in [-0.25, -0.2) is 9.97 Å². The third-order valence-electron chi connectivity index (χ3n) is 3.88. The van der Waals surface area contributed by atoms with Crippen LogP contribution >= 0.6 is 0 Å². The summed E-state index contributed by atoms with van der Waals surface area (Å²) in [6, 6.07) is 11.1. The summed E-state index contributed by atoms with van der Waals surface area (Å²) >= 11 is 0. The maximum atomic E-state index is 12.3. The first kappa shape index (κ1) is 14.3. The van der Waals surface area contributed by atoms with E-state index in [9.17, 15) is 4.79 Å². The molecule has 0 saturated heterocycles. The van der Waals surface area contributed by atoms with Crippen molar-refractivity contribution in [3.05, 3.63) is 82.8 Å². The van der Waals surface area contributed by atoms with Gasteiger partial charge < -0.3 is 4.57 Å². The van der Waals surface area contributed by atoms with E-state index < -0.39 is 0 Å². The first-order valence-corrected chi connectivity index (χ1v) is 7.63. The van der Waals surface area contributed by atoms with Crippen LogP contribution in [-0.4, -0.2) is 23.9 Å². The number of aryl methyl sites for hydroxylation is 1. The van der Waals surface area contributed by atoms with Crippen molar-refractivity contribution in [2.24, 2.45) is 0 Å². The van der Waals surface area contributed by atoms with Gasteiger partial charge in [0.1, 0.15) is 11.3 Å². The fraction of sp³-hybridized carbons (Fsp3) is 0.111. The number of nitrogens with zero attached hydrogens (tertiary/aromatic N) is 5. The Hall–Kier alpha value is -3.28. The summed E-state index contributed by atoms with van der Waals surface area (Å²) in [5.74, 6) is 0.752. The predicted molar refractivity (Wildman–Crippen MR) is 90.8 cm³/mol. The van der Waals surface area contributed by atoms with Gasteiger partial charge in [-0.3, -0.25) is 14.2 Å². The summed E-state index contributed by atoms with van der Waals surface area (Å²) in [6.45, 7) is 2.41. The summed E-state index contributed by atoms with van der Waals surface area (Å²) < 4.78 is 3.51. The molecule has 4 rings (SSSR count). The molecule has 0 fully saturated rings. The molecule has 0 unspecified atom stereocenters. The van der Waals surface area contributed by atoms with Crippen molar-refractivity contribution in [3.8, 4) is 11.5 Å². The predicted octanol–water partition coefficient (Wildman–Crippen LogP) is 2.31. The fourth-order valence-corrected chi connectivity index (χ4v) is 2.73. The second-order valence-electron chi connectivity index (χ2n) is 5.56. The lowest BCUT2D eigenvalue weighted by Crippen LogP contribution is -2.17. The molecule has 0 bridgehead atoms. The van der Waals surface area contributed by atoms with E-state index in [1.54, 1.807) is 29.1 Å². The highest BCUT2D eigenvalue weighted by Crippen LogP contribution is 2.15. The summed E-state index contributed by atoms with van der Waals surface area (Å²) in [7, 11) is 0. The molecule has 0 aliphatic rings. The Morgan fingerprint density at radius 3 is 2.79 bits per heavy atom. The normalized spacial score (nSPS) is 11.0. The molecule has 4 aromatic heterocycles. The van der Waals surface area contributed by atoms with Crippen molar-refractivity contribution in [3.63, 3.8) is 0 Å². The number of fused-ring (bicyclic) bond motifs is 1. The molecule has 118 valence electrons. The van der Waals surface area contributed by atoms with E-state index in [1.807, 2.05) is 48.0 Å². The van der Waals surface area contributed by atoms with E-state index >= 15 is 0 Å².